The summed E-state index contributed by atoms with van der Waals surface area (Å²) in [6, 6.07) is 18.0. The van der Waals surface area contributed by atoms with Crippen LogP contribution in [0.1, 0.15) is 44.7 Å². The molecule has 2 heterocycles. The van der Waals surface area contributed by atoms with Crippen LogP contribution in [0.3, 0.4) is 0 Å². The van der Waals surface area contributed by atoms with Crippen molar-refractivity contribution in [3.8, 4) is 0 Å². The molecule has 2 heteroatoms. The summed E-state index contributed by atoms with van der Waals surface area (Å²) >= 11 is 0. The molecule has 22 heavy (non-hydrogen) atoms. The molecule has 0 bridgehead atoms. The van der Waals surface area contributed by atoms with E-state index in [9.17, 15) is 0 Å². The smallest absolute Gasteiger partial charge is 0.108 e. The SMILES string of the molecule is CC1CCC(N2c3ccccc3C(C)(C)c3ccccc32)=N1. The first-order valence-corrected chi connectivity index (χ1v) is 8.15. The lowest BCUT2D eigenvalue weighted by atomic mass is 9.73. The van der Waals surface area contributed by atoms with E-state index in [0.717, 1.165) is 12.8 Å². The van der Waals surface area contributed by atoms with Gasteiger partial charge in [0, 0.05) is 17.9 Å². The lowest BCUT2D eigenvalue weighted by Crippen LogP contribution is -2.35. The molecule has 0 spiro atoms. The first kappa shape index (κ1) is 13.6. The topological polar surface area (TPSA) is 15.6 Å². The molecule has 1 unspecified atom stereocenters. The Labute approximate surface area is 132 Å². The largest absolute Gasteiger partial charge is 0.298 e. The van der Waals surface area contributed by atoms with Gasteiger partial charge in [0.25, 0.3) is 0 Å². The molecule has 0 radical (unpaired) electrons. The number of hydrogen-bond donors (Lipinski definition) is 0. The number of fused-ring (bicyclic) bond motifs is 2. The lowest BCUT2D eigenvalue weighted by molar-refractivity contribution is 0.632. The van der Waals surface area contributed by atoms with Crippen LogP contribution in [0, 0.1) is 0 Å². The second kappa shape index (κ2) is 4.70. The number of aliphatic imine (C=N–C) groups is 1. The van der Waals surface area contributed by atoms with Crippen molar-refractivity contribution in [3.05, 3.63) is 59.7 Å². The molecule has 0 N–H and O–H groups in total. The Morgan fingerprint density at radius 3 is 2.00 bits per heavy atom. The molecule has 2 aliphatic heterocycles. The van der Waals surface area contributed by atoms with Gasteiger partial charge in [0.15, 0.2) is 0 Å². The van der Waals surface area contributed by atoms with Crippen LogP contribution in [0.25, 0.3) is 0 Å². The van der Waals surface area contributed by atoms with Crippen molar-refractivity contribution in [2.45, 2.75) is 45.1 Å². The van der Waals surface area contributed by atoms with E-state index >= 15 is 0 Å². The normalized spacial score (nSPS) is 22.0. The second-order valence-corrected chi connectivity index (χ2v) is 6.93. The summed E-state index contributed by atoms with van der Waals surface area (Å²) in [6.07, 6.45) is 2.21. The minimum absolute atomic E-state index is 0.0223. The molecule has 2 aromatic rings. The second-order valence-electron chi connectivity index (χ2n) is 6.93. The van der Waals surface area contributed by atoms with Crippen molar-refractivity contribution in [1.29, 1.82) is 0 Å². The summed E-state index contributed by atoms with van der Waals surface area (Å²) < 4.78 is 0. The zero-order chi connectivity index (χ0) is 15.3. The molecule has 2 aromatic carbocycles. The predicted molar refractivity (Wildman–Crippen MR) is 93.3 cm³/mol. The zero-order valence-electron chi connectivity index (χ0n) is 13.5. The summed E-state index contributed by atoms with van der Waals surface area (Å²) in [5.41, 5.74) is 5.37. The third kappa shape index (κ3) is 1.83. The number of para-hydroxylation sites is 2. The Morgan fingerprint density at radius 1 is 0.955 bits per heavy atom. The van der Waals surface area contributed by atoms with Gasteiger partial charge >= 0.3 is 0 Å². The van der Waals surface area contributed by atoms with E-state index < -0.39 is 0 Å². The third-order valence-electron chi connectivity index (χ3n) is 5.05. The highest BCUT2D eigenvalue weighted by atomic mass is 15.2. The molecular weight excluding hydrogens is 268 g/mol. The molecule has 112 valence electrons. The Bertz CT molecular complexity index is 708. The average molecular weight is 290 g/mol. The highest BCUT2D eigenvalue weighted by molar-refractivity contribution is 6.07. The molecule has 0 aliphatic carbocycles. The van der Waals surface area contributed by atoms with E-state index in [1.54, 1.807) is 0 Å². The van der Waals surface area contributed by atoms with E-state index in [0.29, 0.717) is 6.04 Å². The van der Waals surface area contributed by atoms with Gasteiger partial charge in [-0.1, -0.05) is 50.2 Å². The molecule has 2 aliphatic rings. The summed E-state index contributed by atoms with van der Waals surface area (Å²) in [5, 5.41) is 0. The first-order valence-electron chi connectivity index (χ1n) is 8.15. The van der Waals surface area contributed by atoms with Gasteiger partial charge in [-0.2, -0.15) is 0 Å². The molecule has 0 amide bonds. The Kier molecular flexibility index (Phi) is 2.90. The van der Waals surface area contributed by atoms with Crippen molar-refractivity contribution in [3.63, 3.8) is 0 Å². The van der Waals surface area contributed by atoms with Gasteiger partial charge in [0.1, 0.15) is 5.84 Å². The highest BCUT2D eigenvalue weighted by Crippen LogP contribution is 2.49. The van der Waals surface area contributed by atoms with Crippen molar-refractivity contribution in [1.82, 2.24) is 0 Å². The number of anilines is 2. The van der Waals surface area contributed by atoms with Crippen LogP contribution in [0.2, 0.25) is 0 Å². The van der Waals surface area contributed by atoms with E-state index in [1.165, 1.54) is 28.3 Å². The van der Waals surface area contributed by atoms with Crippen LogP contribution in [-0.4, -0.2) is 11.9 Å². The lowest BCUT2D eigenvalue weighted by Gasteiger charge is -2.41. The average Bonchev–Trinajstić information content (AvgIpc) is 2.94. The monoisotopic (exact) mass is 290 g/mol. The van der Waals surface area contributed by atoms with Crippen LogP contribution in [0.5, 0.6) is 0 Å². The van der Waals surface area contributed by atoms with Crippen LogP contribution in [-0.2, 0) is 5.41 Å². The zero-order valence-corrected chi connectivity index (χ0v) is 13.5. The molecule has 0 aromatic heterocycles. The van der Waals surface area contributed by atoms with Gasteiger partial charge in [0.2, 0.25) is 0 Å². The van der Waals surface area contributed by atoms with Crippen molar-refractivity contribution in [2.75, 3.05) is 4.90 Å². The maximum absolute atomic E-state index is 4.90. The number of benzene rings is 2. The van der Waals surface area contributed by atoms with Gasteiger partial charge in [-0.15, -0.1) is 0 Å². The van der Waals surface area contributed by atoms with E-state index in [1.807, 2.05) is 0 Å². The summed E-state index contributed by atoms with van der Waals surface area (Å²) in [4.78, 5) is 7.29. The maximum Gasteiger partial charge on any atom is 0.108 e. The van der Waals surface area contributed by atoms with Crippen LogP contribution >= 0.6 is 0 Å². The highest BCUT2D eigenvalue weighted by Gasteiger charge is 2.37. The Hall–Kier alpha value is -2.09. The Morgan fingerprint density at radius 2 is 1.50 bits per heavy atom. The fourth-order valence-electron chi connectivity index (χ4n) is 3.84. The number of nitrogens with zero attached hydrogens (tertiary/aromatic N) is 2. The van der Waals surface area contributed by atoms with Gasteiger partial charge < -0.3 is 0 Å². The fraction of sp³-hybridized carbons (Fsp3) is 0.350. The van der Waals surface area contributed by atoms with Crippen LogP contribution in [0.4, 0.5) is 11.4 Å². The summed E-state index contributed by atoms with van der Waals surface area (Å²) in [6.45, 7) is 6.85. The molecule has 0 fully saturated rings. The summed E-state index contributed by atoms with van der Waals surface area (Å²) in [7, 11) is 0. The summed E-state index contributed by atoms with van der Waals surface area (Å²) in [5.74, 6) is 1.21. The number of hydrogen-bond acceptors (Lipinski definition) is 2. The number of amidine groups is 1. The van der Waals surface area contributed by atoms with Crippen molar-refractivity contribution < 1.29 is 0 Å². The first-order chi connectivity index (χ1) is 10.6. The van der Waals surface area contributed by atoms with Gasteiger partial charge in [-0.3, -0.25) is 9.89 Å². The molecule has 0 saturated heterocycles. The van der Waals surface area contributed by atoms with Gasteiger partial charge in [-0.25, -0.2) is 0 Å². The molecule has 1 atom stereocenters. The van der Waals surface area contributed by atoms with Crippen molar-refractivity contribution in [2.24, 2.45) is 4.99 Å². The van der Waals surface area contributed by atoms with Crippen LogP contribution in [0.15, 0.2) is 53.5 Å². The standard InChI is InChI=1S/C20H22N2/c1-14-12-13-19(21-14)22-17-10-6-4-8-15(17)20(2,3)16-9-5-7-11-18(16)22/h4-11,14H,12-13H2,1-3H3. The minimum Gasteiger partial charge on any atom is -0.298 e. The number of rotatable bonds is 0. The quantitative estimate of drug-likeness (QED) is 0.663. The van der Waals surface area contributed by atoms with Gasteiger partial charge in [-0.05, 0) is 36.6 Å². The minimum atomic E-state index is 0.0223. The molecule has 0 saturated carbocycles. The van der Waals surface area contributed by atoms with E-state index in [4.69, 9.17) is 4.99 Å². The molecule has 2 nitrogen and oxygen atoms in total. The predicted octanol–water partition coefficient (Wildman–Crippen LogP) is 5.04. The van der Waals surface area contributed by atoms with Crippen LogP contribution < -0.4 is 4.90 Å². The molecular formula is C20H22N2. The molecule has 4 rings (SSSR count). The Balaban J connectivity index is 1.99. The van der Waals surface area contributed by atoms with E-state index in [-0.39, 0.29) is 5.41 Å². The van der Waals surface area contributed by atoms with Crippen molar-refractivity contribution >= 4 is 17.2 Å². The maximum atomic E-state index is 4.90. The van der Waals surface area contributed by atoms with E-state index in [2.05, 4.69) is 74.2 Å². The van der Waals surface area contributed by atoms with Gasteiger partial charge in [0.05, 0.1) is 11.4 Å². The fourth-order valence-corrected chi connectivity index (χ4v) is 3.84. The third-order valence-corrected chi connectivity index (χ3v) is 5.05.